The molecule has 24 nitrogen and oxygen atoms in total. The molecule has 24 atom stereocenters. The number of aliphatic hydroxyl groups excluding tert-OH is 4. The van der Waals surface area contributed by atoms with E-state index in [1.807, 2.05) is 32.0 Å². The molecule has 0 radical (unpaired) electrons. The van der Waals surface area contributed by atoms with Crippen molar-refractivity contribution in [1.29, 1.82) is 0 Å². The van der Waals surface area contributed by atoms with Crippen molar-refractivity contribution in [2.75, 3.05) is 35.4 Å². The summed E-state index contributed by atoms with van der Waals surface area (Å²) in [6.07, 6.45) is 0.999. The lowest BCUT2D eigenvalue weighted by atomic mass is 9.47. The summed E-state index contributed by atoms with van der Waals surface area (Å²) >= 11 is 0. The highest BCUT2D eigenvalue weighted by Crippen LogP contribution is 2.65. The number of nitrogens with one attached hydrogen (secondary N) is 1. The van der Waals surface area contributed by atoms with Crippen LogP contribution in [0.15, 0.2) is 58.5 Å². The van der Waals surface area contributed by atoms with Crippen LogP contribution >= 0.6 is 0 Å². The number of nitro benzene ring substituents is 1. The number of para-hydroxylation sites is 1. The van der Waals surface area contributed by atoms with Crippen LogP contribution in [0.2, 0.25) is 0 Å². The fourth-order valence-electron chi connectivity index (χ4n) is 17.9. The number of esters is 3. The van der Waals surface area contributed by atoms with Crippen LogP contribution in [0, 0.1) is 62.4 Å². The maximum Gasteiger partial charge on any atom is 0.336 e. The highest BCUT2D eigenvalue weighted by Gasteiger charge is 2.60. The minimum atomic E-state index is -1.99. The van der Waals surface area contributed by atoms with E-state index in [4.69, 9.17) is 37.9 Å². The molecule has 0 unspecified atom stereocenters. The van der Waals surface area contributed by atoms with E-state index >= 15 is 0 Å². The molecule has 24 heteroatoms. The summed E-state index contributed by atoms with van der Waals surface area (Å²) in [7, 11) is 7.60. The van der Waals surface area contributed by atoms with E-state index in [9.17, 15) is 64.7 Å². The van der Waals surface area contributed by atoms with Gasteiger partial charge in [0, 0.05) is 66.8 Å². The van der Waals surface area contributed by atoms with Gasteiger partial charge in [0.05, 0.1) is 90.0 Å². The van der Waals surface area contributed by atoms with E-state index in [1.165, 1.54) is 91.6 Å². The molecular weight excluding hydrogens is 1250 g/mol. The molecule has 9 rings (SSSR count). The molecule has 8 aliphatic rings. The number of dihydropyridines is 1. The lowest BCUT2D eigenvalue weighted by molar-refractivity contribution is -0.385. The van der Waals surface area contributed by atoms with E-state index < -0.39 is 130 Å². The van der Waals surface area contributed by atoms with Crippen molar-refractivity contribution >= 4 is 35.2 Å². The maximum absolute atomic E-state index is 14.1. The predicted molar refractivity (Wildman–Crippen MR) is 357 cm³/mol. The van der Waals surface area contributed by atoms with Gasteiger partial charge in [-0.15, -0.1) is 0 Å². The number of likely N-dealkylation sites (N-methyl/N-ethyl adjacent to an activating group) is 1. The van der Waals surface area contributed by atoms with Crippen LogP contribution in [-0.2, 0) is 61.9 Å². The van der Waals surface area contributed by atoms with Crippen LogP contribution in [0.4, 0.5) is 5.69 Å². The van der Waals surface area contributed by atoms with Gasteiger partial charge in [0.1, 0.15) is 29.7 Å². The minimum absolute atomic E-state index is 0.0823. The average molecular weight is 1370 g/mol. The number of ketones is 2. The number of Topliss-reactive ketones (excluding diaryl/α,β-unsaturated/α-hetero) is 1. The number of aliphatic hydroxyl groups is 6. The lowest BCUT2D eigenvalue weighted by Gasteiger charge is -2.57. The molecule has 0 amide bonds. The zero-order valence-electron chi connectivity index (χ0n) is 60.6. The molecule has 4 aliphatic carbocycles. The Bertz CT molecular complexity index is 3070. The summed E-state index contributed by atoms with van der Waals surface area (Å²) in [5.41, 5.74) is -1.76. The van der Waals surface area contributed by atoms with Crippen molar-refractivity contribution in [2.45, 2.75) is 270 Å². The van der Waals surface area contributed by atoms with Gasteiger partial charge in [-0.1, -0.05) is 65.3 Å². The van der Waals surface area contributed by atoms with E-state index in [0.29, 0.717) is 29.5 Å². The standard InChI is InChI=1S/C37H67NO13.C19H28O2.C17H18N2O6/c1-14-25-37(10,45)30(41)20(4)27(39)18(2)16-35(8,44)32(51-34-28(40)24(38(11)12)15-19(3)47-34)21(5)29(22(6)33(43)49-25)50-26-17-36(9,46-13)31(42)23(7)48-26;1-18-9-7-13(20)11-12(18)3-4-14-15-5-6-17(21)19(15,2)10-8-16(14)18;1-9-13(16(20)24-3)15(14(10(2)18-9)17(21)25-4)11-7-5-6-8-12(11)19(22)23/h18-26,28-32,34,40-42,44-45H,14-17H2,1-13H3;11,14-17,21H,3-10H2,1-2H3;5-8,15,18H,1-4H3/t18-,19-,20+,21+,22-,23+,24+,25-,26+,28-,29+,30-,31+,32-,34+,35-,36-,37-;14-,15-,16-,17-,18-,19-;/m10./s1. The Balaban J connectivity index is 0.000000235. The number of allylic oxidation sites excluding steroid dienone is 3. The number of carbonyl (C=O) groups excluding carboxylic acids is 5. The average Bonchev–Trinajstić information content (AvgIpc) is 1.70. The first-order chi connectivity index (χ1) is 45.2. The van der Waals surface area contributed by atoms with E-state index in [2.05, 4.69) is 19.2 Å². The van der Waals surface area contributed by atoms with E-state index in [0.717, 1.165) is 37.5 Å². The second kappa shape index (κ2) is 31.4. The van der Waals surface area contributed by atoms with Crippen molar-refractivity contribution in [3.05, 3.63) is 74.1 Å². The number of ether oxygens (including phenoxy) is 8. The van der Waals surface area contributed by atoms with Gasteiger partial charge in [0.15, 0.2) is 18.4 Å². The fourth-order valence-corrected chi connectivity index (χ4v) is 17.9. The summed E-state index contributed by atoms with van der Waals surface area (Å²) in [6.45, 7) is 24.4. The van der Waals surface area contributed by atoms with Crippen LogP contribution in [0.5, 0.6) is 0 Å². The van der Waals surface area contributed by atoms with Crippen molar-refractivity contribution in [2.24, 2.45) is 52.3 Å². The lowest BCUT2D eigenvalue weighted by Crippen LogP contribution is -2.61. The van der Waals surface area contributed by atoms with Gasteiger partial charge >= 0.3 is 17.9 Å². The maximum atomic E-state index is 14.1. The Morgan fingerprint density at radius 2 is 1.40 bits per heavy atom. The first-order valence-electron chi connectivity index (χ1n) is 34.8. The molecule has 3 saturated heterocycles. The molecule has 4 heterocycles. The fraction of sp³-hybridized carbons (Fsp3) is 0.767. The zero-order valence-corrected chi connectivity index (χ0v) is 60.6. The van der Waals surface area contributed by atoms with Gasteiger partial charge in [-0.25, -0.2) is 9.59 Å². The third kappa shape index (κ3) is 16.2. The van der Waals surface area contributed by atoms with Gasteiger partial charge in [0.2, 0.25) is 0 Å². The van der Waals surface area contributed by atoms with E-state index in [-0.39, 0.29) is 70.7 Å². The summed E-state index contributed by atoms with van der Waals surface area (Å²) in [6, 6.07) is 5.65. The van der Waals surface area contributed by atoms with Gasteiger partial charge in [-0.3, -0.25) is 24.5 Å². The van der Waals surface area contributed by atoms with Crippen molar-refractivity contribution in [3.8, 4) is 0 Å². The normalized spacial score (nSPS) is 41.4. The van der Waals surface area contributed by atoms with Crippen molar-refractivity contribution < 1.29 is 97.4 Å². The molecule has 4 aliphatic heterocycles. The molecular formula is C73H113N3O21. The molecule has 3 saturated carbocycles. The quantitative estimate of drug-likeness (QED) is 0.0480. The van der Waals surface area contributed by atoms with Gasteiger partial charge < -0.3 is 78.8 Å². The molecule has 0 bridgehead atoms. The number of fused-ring (bicyclic) bond motifs is 5. The van der Waals surface area contributed by atoms with Gasteiger partial charge in [0.25, 0.3) is 5.69 Å². The van der Waals surface area contributed by atoms with Crippen molar-refractivity contribution in [3.63, 3.8) is 0 Å². The second-order valence-electron chi connectivity index (χ2n) is 30.5. The summed E-state index contributed by atoms with van der Waals surface area (Å²) in [4.78, 5) is 77.1. The number of cyclic esters (lactones) is 1. The third-order valence-corrected chi connectivity index (χ3v) is 23.7. The number of carbonyl (C=O) groups is 5. The molecule has 97 heavy (non-hydrogen) atoms. The van der Waals surface area contributed by atoms with Crippen LogP contribution in [0.25, 0.3) is 0 Å². The molecule has 546 valence electrons. The monoisotopic (exact) mass is 1370 g/mol. The third-order valence-electron chi connectivity index (χ3n) is 23.7. The number of hydrogen-bond donors (Lipinski definition) is 7. The molecule has 1 aromatic rings. The second-order valence-corrected chi connectivity index (χ2v) is 30.5. The molecule has 7 N–H and O–H groups in total. The summed E-state index contributed by atoms with van der Waals surface area (Å²) in [5.74, 6) is -4.73. The first-order valence-corrected chi connectivity index (χ1v) is 34.8. The number of nitro groups is 1. The smallest absolute Gasteiger partial charge is 0.336 e. The minimum Gasteiger partial charge on any atom is -0.466 e. The van der Waals surface area contributed by atoms with Crippen LogP contribution in [-0.4, -0.2) is 196 Å². The molecule has 1 aromatic carbocycles. The summed E-state index contributed by atoms with van der Waals surface area (Å²) in [5, 5.41) is 82.5. The predicted octanol–water partition coefficient (Wildman–Crippen LogP) is 7.84. The number of methoxy groups -OCH3 is 3. The van der Waals surface area contributed by atoms with Crippen LogP contribution in [0.1, 0.15) is 185 Å². The number of rotatable bonds is 11. The highest BCUT2D eigenvalue weighted by molar-refractivity contribution is 6.00. The number of benzene rings is 1. The Morgan fingerprint density at radius 1 is 0.784 bits per heavy atom. The number of nitrogens with zero attached hydrogens (tertiary/aromatic N) is 2. The highest BCUT2D eigenvalue weighted by atomic mass is 16.7. The Labute approximate surface area is 572 Å². The van der Waals surface area contributed by atoms with Gasteiger partial charge in [-0.2, -0.15) is 0 Å². The molecule has 6 fully saturated rings. The Kier molecular flexibility index (Phi) is 25.7. The first kappa shape index (κ1) is 79.2. The molecule has 0 aromatic heterocycles. The SMILES string of the molecule is CC[C@H]1OC(=O)[C@H](C)[C@@H](O[C@H]2C[C@@](C)(OC)[C@@H](O)[C@H](C)O2)[C@H](C)[C@@H](O[C@@H]2O[C@H](C)C[C@H](N(C)C)[C@H]2O)[C@](C)(O)C[C@@H](C)C(=O)[C@H](C)[C@@H](O)[C@]1(C)O.COC(=O)C1=C(C)NC(C)=C(C(=O)OC)C1c1ccccc1[N+](=O)[O-].C[C@]12CC[C@H]3[C@@H](CCC4=CC(=O)CC[C@@]43C)[C@@H]1CC[C@@H]2O. The zero-order chi connectivity index (χ0) is 72.5. The van der Waals surface area contributed by atoms with Crippen LogP contribution < -0.4 is 5.32 Å². The summed E-state index contributed by atoms with van der Waals surface area (Å²) < 4.78 is 46.7. The molecule has 0 spiro atoms. The van der Waals surface area contributed by atoms with Gasteiger partial charge in [-0.05, 0) is 168 Å². The topological polar surface area (TPSA) is 339 Å². The van der Waals surface area contributed by atoms with Crippen molar-refractivity contribution in [1.82, 2.24) is 10.2 Å². The Hall–Kier alpha value is -5.09. The number of hydrogen-bond acceptors (Lipinski definition) is 23. The van der Waals surface area contributed by atoms with E-state index in [1.54, 1.807) is 61.5 Å². The van der Waals surface area contributed by atoms with Crippen LogP contribution in [0.3, 0.4) is 0 Å². The largest absolute Gasteiger partial charge is 0.466 e. The Morgan fingerprint density at radius 3 is 1.98 bits per heavy atom.